The molecular formula is C15H14F2N2O3S. The first-order valence-corrected chi connectivity index (χ1v) is 8.40. The van der Waals surface area contributed by atoms with Crippen LogP contribution in [0.4, 0.5) is 20.2 Å². The van der Waals surface area contributed by atoms with Crippen LogP contribution >= 0.6 is 0 Å². The highest BCUT2D eigenvalue weighted by Crippen LogP contribution is 2.22. The molecule has 2 rings (SSSR count). The maximum Gasteiger partial charge on any atom is 0.245 e. The molecule has 0 fully saturated rings. The van der Waals surface area contributed by atoms with Crippen molar-refractivity contribution in [1.29, 1.82) is 0 Å². The fourth-order valence-corrected chi connectivity index (χ4v) is 2.77. The van der Waals surface area contributed by atoms with E-state index in [0.717, 1.165) is 18.4 Å². The van der Waals surface area contributed by atoms with E-state index in [1.54, 1.807) is 30.3 Å². The first kappa shape index (κ1) is 16.9. The van der Waals surface area contributed by atoms with Crippen LogP contribution in [0.2, 0.25) is 0 Å². The molecule has 1 amide bonds. The Kier molecular flexibility index (Phi) is 4.95. The van der Waals surface area contributed by atoms with Gasteiger partial charge in [0.1, 0.15) is 18.2 Å². The molecule has 2 aromatic rings. The van der Waals surface area contributed by atoms with Crippen molar-refractivity contribution in [2.75, 3.05) is 22.4 Å². The molecule has 0 aliphatic rings. The fraction of sp³-hybridized carbons (Fsp3) is 0.133. The maximum absolute atomic E-state index is 13.8. The minimum Gasteiger partial charge on any atom is -0.325 e. The molecule has 0 aliphatic carbocycles. The van der Waals surface area contributed by atoms with Gasteiger partial charge in [0.2, 0.25) is 15.9 Å². The lowest BCUT2D eigenvalue weighted by Gasteiger charge is -2.22. The van der Waals surface area contributed by atoms with Crippen molar-refractivity contribution in [1.82, 2.24) is 0 Å². The molecule has 0 aliphatic heterocycles. The van der Waals surface area contributed by atoms with Crippen LogP contribution in [0.3, 0.4) is 0 Å². The van der Waals surface area contributed by atoms with E-state index in [1.807, 2.05) is 0 Å². The molecule has 0 aromatic heterocycles. The van der Waals surface area contributed by atoms with Crippen molar-refractivity contribution in [3.05, 3.63) is 60.2 Å². The highest BCUT2D eigenvalue weighted by atomic mass is 32.2. The minimum atomic E-state index is -3.93. The number of anilines is 2. The number of carbonyl (C=O) groups is 1. The summed E-state index contributed by atoms with van der Waals surface area (Å²) in [6.45, 7) is -0.629. The summed E-state index contributed by atoms with van der Waals surface area (Å²) in [6.07, 6.45) is 0.839. The standard InChI is InChI=1S/C15H14F2N2O3S/c1-23(21,22)19(14-8-7-11(16)9-13(14)17)10-15(20)18-12-5-3-2-4-6-12/h2-9H,10H2,1H3,(H,18,20). The molecule has 122 valence electrons. The number of nitrogens with one attached hydrogen (secondary N) is 1. The van der Waals surface area contributed by atoms with Crippen LogP contribution in [-0.2, 0) is 14.8 Å². The SMILES string of the molecule is CS(=O)(=O)N(CC(=O)Nc1ccccc1)c1ccc(F)cc1F. The summed E-state index contributed by atoms with van der Waals surface area (Å²) in [5, 5.41) is 2.50. The summed E-state index contributed by atoms with van der Waals surface area (Å²) >= 11 is 0. The van der Waals surface area contributed by atoms with Gasteiger partial charge in [0, 0.05) is 11.8 Å². The highest BCUT2D eigenvalue weighted by Gasteiger charge is 2.24. The monoisotopic (exact) mass is 340 g/mol. The van der Waals surface area contributed by atoms with Crippen LogP contribution in [0.1, 0.15) is 0 Å². The average molecular weight is 340 g/mol. The molecule has 8 heteroatoms. The molecule has 0 spiro atoms. The summed E-state index contributed by atoms with van der Waals surface area (Å²) in [7, 11) is -3.93. The van der Waals surface area contributed by atoms with E-state index >= 15 is 0 Å². The third kappa shape index (κ3) is 4.49. The molecule has 1 N–H and O–H groups in total. The Labute approximate surface area is 132 Å². The molecule has 0 atom stereocenters. The van der Waals surface area contributed by atoms with Crippen molar-refractivity contribution in [3.8, 4) is 0 Å². The third-order valence-electron chi connectivity index (χ3n) is 2.92. The van der Waals surface area contributed by atoms with Gasteiger partial charge in [-0.25, -0.2) is 17.2 Å². The fourth-order valence-electron chi connectivity index (χ4n) is 1.92. The van der Waals surface area contributed by atoms with Crippen molar-refractivity contribution in [3.63, 3.8) is 0 Å². The molecule has 0 saturated heterocycles. The maximum atomic E-state index is 13.8. The van der Waals surface area contributed by atoms with E-state index in [2.05, 4.69) is 5.32 Å². The summed E-state index contributed by atoms with van der Waals surface area (Å²) in [5.74, 6) is -2.55. The number of hydrogen-bond donors (Lipinski definition) is 1. The number of hydrogen-bond acceptors (Lipinski definition) is 3. The molecule has 0 heterocycles. The second-order valence-corrected chi connectivity index (χ2v) is 6.69. The largest absolute Gasteiger partial charge is 0.325 e. The van der Waals surface area contributed by atoms with Gasteiger partial charge in [-0.05, 0) is 24.3 Å². The minimum absolute atomic E-state index is 0.392. The van der Waals surface area contributed by atoms with Gasteiger partial charge < -0.3 is 5.32 Å². The smallest absolute Gasteiger partial charge is 0.245 e. The Hall–Kier alpha value is -2.48. The zero-order valence-electron chi connectivity index (χ0n) is 12.2. The summed E-state index contributed by atoms with van der Waals surface area (Å²) in [6, 6.07) is 10.9. The van der Waals surface area contributed by atoms with Gasteiger partial charge in [-0.2, -0.15) is 0 Å². The molecular weight excluding hydrogens is 326 g/mol. The number of sulfonamides is 1. The van der Waals surface area contributed by atoms with Crippen molar-refractivity contribution < 1.29 is 22.0 Å². The molecule has 5 nitrogen and oxygen atoms in total. The average Bonchev–Trinajstić information content (AvgIpc) is 2.45. The van der Waals surface area contributed by atoms with Gasteiger partial charge in [-0.1, -0.05) is 18.2 Å². The Morgan fingerprint density at radius 3 is 2.35 bits per heavy atom. The van der Waals surface area contributed by atoms with E-state index in [4.69, 9.17) is 0 Å². The molecule has 0 saturated carbocycles. The molecule has 0 radical (unpaired) electrons. The van der Waals surface area contributed by atoms with E-state index in [0.29, 0.717) is 16.1 Å². The second-order valence-electron chi connectivity index (χ2n) is 4.78. The van der Waals surface area contributed by atoms with E-state index in [-0.39, 0.29) is 0 Å². The Morgan fingerprint density at radius 1 is 1.13 bits per heavy atom. The Balaban J connectivity index is 2.25. The Morgan fingerprint density at radius 2 is 1.78 bits per heavy atom. The quantitative estimate of drug-likeness (QED) is 0.909. The van der Waals surface area contributed by atoms with Crippen LogP contribution in [0.5, 0.6) is 0 Å². The third-order valence-corrected chi connectivity index (χ3v) is 4.05. The van der Waals surface area contributed by atoms with Crippen LogP contribution in [0.15, 0.2) is 48.5 Å². The van der Waals surface area contributed by atoms with Crippen LogP contribution in [-0.4, -0.2) is 27.1 Å². The van der Waals surface area contributed by atoms with Crippen LogP contribution < -0.4 is 9.62 Å². The second kappa shape index (κ2) is 6.74. The van der Waals surface area contributed by atoms with Crippen LogP contribution in [0, 0.1) is 11.6 Å². The van der Waals surface area contributed by atoms with E-state index < -0.39 is 39.8 Å². The normalized spacial score (nSPS) is 11.1. The number of carbonyl (C=O) groups excluding carboxylic acids is 1. The topological polar surface area (TPSA) is 66.5 Å². The van der Waals surface area contributed by atoms with E-state index in [1.165, 1.54) is 0 Å². The Bertz CT molecular complexity index is 811. The van der Waals surface area contributed by atoms with Crippen molar-refractivity contribution in [2.45, 2.75) is 0 Å². The summed E-state index contributed by atoms with van der Waals surface area (Å²) in [4.78, 5) is 12.0. The lowest BCUT2D eigenvalue weighted by Crippen LogP contribution is -2.38. The number of para-hydroxylation sites is 1. The van der Waals surface area contributed by atoms with Crippen molar-refractivity contribution >= 4 is 27.3 Å². The zero-order chi connectivity index (χ0) is 17.0. The van der Waals surface area contributed by atoms with Gasteiger partial charge in [-0.3, -0.25) is 9.10 Å². The predicted octanol–water partition coefficient (Wildman–Crippen LogP) is 2.37. The highest BCUT2D eigenvalue weighted by molar-refractivity contribution is 7.92. The van der Waals surface area contributed by atoms with Gasteiger partial charge in [0.15, 0.2) is 0 Å². The number of halogens is 2. The van der Waals surface area contributed by atoms with Gasteiger partial charge in [-0.15, -0.1) is 0 Å². The molecule has 0 unspecified atom stereocenters. The van der Waals surface area contributed by atoms with Crippen molar-refractivity contribution in [2.24, 2.45) is 0 Å². The summed E-state index contributed by atoms with van der Waals surface area (Å²) < 4.78 is 51.1. The lowest BCUT2D eigenvalue weighted by atomic mass is 10.3. The molecule has 0 bridgehead atoms. The molecule has 23 heavy (non-hydrogen) atoms. The first-order valence-electron chi connectivity index (χ1n) is 6.55. The first-order chi connectivity index (χ1) is 10.8. The van der Waals surface area contributed by atoms with Gasteiger partial charge >= 0.3 is 0 Å². The van der Waals surface area contributed by atoms with Gasteiger partial charge in [0.05, 0.1) is 11.9 Å². The number of amides is 1. The van der Waals surface area contributed by atoms with Crippen LogP contribution in [0.25, 0.3) is 0 Å². The number of benzene rings is 2. The number of nitrogens with zero attached hydrogens (tertiary/aromatic N) is 1. The lowest BCUT2D eigenvalue weighted by molar-refractivity contribution is -0.114. The van der Waals surface area contributed by atoms with E-state index in [9.17, 15) is 22.0 Å². The predicted molar refractivity (Wildman–Crippen MR) is 83.6 cm³/mol. The summed E-state index contributed by atoms with van der Waals surface area (Å²) in [5.41, 5.74) is 0.0858. The zero-order valence-corrected chi connectivity index (χ0v) is 13.0. The molecule has 2 aromatic carbocycles. The number of rotatable bonds is 5. The van der Waals surface area contributed by atoms with Gasteiger partial charge in [0.25, 0.3) is 0 Å².